The van der Waals surface area contributed by atoms with Gasteiger partial charge < -0.3 is 9.64 Å². The van der Waals surface area contributed by atoms with Crippen molar-refractivity contribution in [3.05, 3.63) is 0 Å². The lowest BCUT2D eigenvalue weighted by Gasteiger charge is -2.27. The van der Waals surface area contributed by atoms with Crippen LogP contribution in [0.1, 0.15) is 60.8 Å². The summed E-state index contributed by atoms with van der Waals surface area (Å²) in [6.07, 6.45) is 3.01. The maximum absolute atomic E-state index is 12.0. The van der Waals surface area contributed by atoms with Gasteiger partial charge in [0, 0.05) is 13.1 Å². The quantitative estimate of drug-likeness (QED) is 0.703. The Balaban J connectivity index is 4.26. The van der Waals surface area contributed by atoms with Crippen molar-refractivity contribution < 1.29 is 9.53 Å². The van der Waals surface area contributed by atoms with Crippen LogP contribution in [0.15, 0.2) is 0 Å². The molecule has 0 aliphatic carbocycles. The molecule has 0 aromatic carbocycles. The third-order valence-electron chi connectivity index (χ3n) is 2.73. The number of amides is 1. The monoisotopic (exact) mass is 243 g/mol. The summed E-state index contributed by atoms with van der Waals surface area (Å²) in [6, 6.07) is 0. The zero-order valence-corrected chi connectivity index (χ0v) is 12.4. The highest BCUT2D eigenvalue weighted by Crippen LogP contribution is 2.13. The Morgan fingerprint density at radius 1 is 1.24 bits per heavy atom. The SMILES string of the molecule is CCCN(CCC(C)CC)C(=O)OC(C)(C)C. The summed E-state index contributed by atoms with van der Waals surface area (Å²) < 4.78 is 5.41. The van der Waals surface area contributed by atoms with E-state index in [0.717, 1.165) is 32.4 Å². The molecule has 0 rings (SSSR count). The van der Waals surface area contributed by atoms with Crippen molar-refractivity contribution in [3.63, 3.8) is 0 Å². The van der Waals surface area contributed by atoms with Crippen molar-refractivity contribution in [3.8, 4) is 0 Å². The van der Waals surface area contributed by atoms with E-state index < -0.39 is 5.60 Å². The van der Waals surface area contributed by atoms with Gasteiger partial charge in [0.25, 0.3) is 0 Å². The molecule has 1 atom stereocenters. The number of ether oxygens (including phenoxy) is 1. The van der Waals surface area contributed by atoms with Crippen LogP contribution in [0, 0.1) is 5.92 Å². The van der Waals surface area contributed by atoms with Crippen molar-refractivity contribution in [2.24, 2.45) is 5.92 Å². The van der Waals surface area contributed by atoms with Crippen LogP contribution in [0.3, 0.4) is 0 Å². The van der Waals surface area contributed by atoms with E-state index in [0.29, 0.717) is 5.92 Å². The lowest BCUT2D eigenvalue weighted by molar-refractivity contribution is 0.0241. The van der Waals surface area contributed by atoms with E-state index in [4.69, 9.17) is 4.74 Å². The zero-order chi connectivity index (χ0) is 13.5. The van der Waals surface area contributed by atoms with Gasteiger partial charge in [-0.2, -0.15) is 0 Å². The van der Waals surface area contributed by atoms with Crippen LogP contribution in [0.4, 0.5) is 4.79 Å². The number of hydrogen-bond acceptors (Lipinski definition) is 2. The predicted octanol–water partition coefficient (Wildman–Crippen LogP) is 4.07. The van der Waals surface area contributed by atoms with Crippen LogP contribution in [-0.4, -0.2) is 29.7 Å². The first-order valence-electron chi connectivity index (χ1n) is 6.78. The molecule has 0 radical (unpaired) electrons. The molecule has 0 heterocycles. The van der Waals surface area contributed by atoms with Gasteiger partial charge in [0.05, 0.1) is 0 Å². The second-order valence-electron chi connectivity index (χ2n) is 5.77. The molecular formula is C14H29NO2. The standard InChI is InChI=1S/C14H29NO2/c1-7-10-15(11-9-12(3)8-2)13(16)17-14(4,5)6/h12H,7-11H2,1-6H3. The third-order valence-corrected chi connectivity index (χ3v) is 2.73. The molecule has 3 nitrogen and oxygen atoms in total. The summed E-state index contributed by atoms with van der Waals surface area (Å²) in [6.45, 7) is 13.8. The maximum atomic E-state index is 12.0. The van der Waals surface area contributed by atoms with E-state index in [2.05, 4.69) is 20.8 Å². The molecule has 0 saturated heterocycles. The van der Waals surface area contributed by atoms with E-state index in [-0.39, 0.29) is 6.09 Å². The minimum Gasteiger partial charge on any atom is -0.444 e. The number of carbonyl (C=O) groups excluding carboxylic acids is 1. The molecule has 0 saturated carbocycles. The second kappa shape index (κ2) is 7.57. The molecule has 0 aromatic rings. The lowest BCUT2D eigenvalue weighted by Crippen LogP contribution is -2.38. The molecule has 0 fully saturated rings. The molecular weight excluding hydrogens is 214 g/mol. The summed E-state index contributed by atoms with van der Waals surface area (Å²) in [5, 5.41) is 0. The predicted molar refractivity (Wildman–Crippen MR) is 72.2 cm³/mol. The molecule has 102 valence electrons. The van der Waals surface area contributed by atoms with E-state index in [1.54, 1.807) is 0 Å². The van der Waals surface area contributed by atoms with Gasteiger partial charge in [-0.1, -0.05) is 27.2 Å². The van der Waals surface area contributed by atoms with Gasteiger partial charge in [0.1, 0.15) is 5.60 Å². The number of nitrogens with zero attached hydrogens (tertiary/aromatic N) is 1. The van der Waals surface area contributed by atoms with Gasteiger partial charge in [0.15, 0.2) is 0 Å². The van der Waals surface area contributed by atoms with Crippen LogP contribution in [-0.2, 0) is 4.74 Å². The van der Waals surface area contributed by atoms with Crippen LogP contribution >= 0.6 is 0 Å². The van der Waals surface area contributed by atoms with Crippen molar-refractivity contribution in [2.45, 2.75) is 66.4 Å². The smallest absolute Gasteiger partial charge is 0.410 e. The lowest BCUT2D eigenvalue weighted by atomic mass is 10.1. The average molecular weight is 243 g/mol. The van der Waals surface area contributed by atoms with Gasteiger partial charge in [0.2, 0.25) is 0 Å². The molecule has 1 unspecified atom stereocenters. The summed E-state index contributed by atoms with van der Waals surface area (Å²) in [7, 11) is 0. The molecule has 17 heavy (non-hydrogen) atoms. The van der Waals surface area contributed by atoms with Crippen LogP contribution in [0.2, 0.25) is 0 Å². The molecule has 0 aliphatic heterocycles. The average Bonchev–Trinajstić information content (AvgIpc) is 2.20. The molecule has 1 amide bonds. The largest absolute Gasteiger partial charge is 0.444 e. The number of hydrogen-bond donors (Lipinski definition) is 0. The van der Waals surface area contributed by atoms with Crippen molar-refractivity contribution >= 4 is 6.09 Å². The fourth-order valence-corrected chi connectivity index (χ4v) is 1.47. The molecule has 0 aliphatic rings. The molecule has 0 aromatic heterocycles. The number of rotatable bonds is 6. The Morgan fingerprint density at radius 2 is 1.82 bits per heavy atom. The van der Waals surface area contributed by atoms with Gasteiger partial charge >= 0.3 is 6.09 Å². The third kappa shape index (κ3) is 8.06. The van der Waals surface area contributed by atoms with E-state index >= 15 is 0 Å². The highest BCUT2D eigenvalue weighted by Gasteiger charge is 2.21. The second-order valence-corrected chi connectivity index (χ2v) is 5.77. The Kier molecular flexibility index (Phi) is 7.24. The Labute approximate surface area is 107 Å². The molecule has 0 spiro atoms. The summed E-state index contributed by atoms with van der Waals surface area (Å²) in [5.74, 6) is 0.664. The van der Waals surface area contributed by atoms with E-state index in [9.17, 15) is 4.79 Å². The number of carbonyl (C=O) groups is 1. The van der Waals surface area contributed by atoms with Crippen LogP contribution in [0.25, 0.3) is 0 Å². The van der Waals surface area contributed by atoms with Gasteiger partial charge in [-0.25, -0.2) is 4.79 Å². The maximum Gasteiger partial charge on any atom is 0.410 e. The summed E-state index contributed by atoms with van der Waals surface area (Å²) >= 11 is 0. The normalized spacial score (nSPS) is 13.3. The highest BCUT2D eigenvalue weighted by atomic mass is 16.6. The van der Waals surface area contributed by atoms with Crippen molar-refractivity contribution in [2.75, 3.05) is 13.1 Å². The zero-order valence-electron chi connectivity index (χ0n) is 12.4. The first kappa shape index (κ1) is 16.3. The van der Waals surface area contributed by atoms with Crippen LogP contribution < -0.4 is 0 Å². The minimum absolute atomic E-state index is 0.178. The minimum atomic E-state index is -0.403. The Bertz CT molecular complexity index is 221. The first-order valence-corrected chi connectivity index (χ1v) is 6.78. The Hall–Kier alpha value is -0.730. The summed E-state index contributed by atoms with van der Waals surface area (Å²) in [4.78, 5) is 13.8. The van der Waals surface area contributed by atoms with E-state index in [1.807, 2.05) is 25.7 Å². The first-order chi connectivity index (χ1) is 7.80. The van der Waals surface area contributed by atoms with Gasteiger partial charge in [-0.15, -0.1) is 0 Å². The van der Waals surface area contributed by atoms with Crippen molar-refractivity contribution in [1.82, 2.24) is 4.90 Å². The summed E-state index contributed by atoms with van der Waals surface area (Å²) in [5.41, 5.74) is -0.403. The molecule has 0 N–H and O–H groups in total. The molecule has 0 bridgehead atoms. The van der Waals surface area contributed by atoms with Crippen LogP contribution in [0.5, 0.6) is 0 Å². The van der Waals surface area contributed by atoms with Crippen molar-refractivity contribution in [1.29, 1.82) is 0 Å². The van der Waals surface area contributed by atoms with E-state index in [1.165, 1.54) is 0 Å². The fourth-order valence-electron chi connectivity index (χ4n) is 1.47. The topological polar surface area (TPSA) is 29.5 Å². The van der Waals surface area contributed by atoms with Gasteiger partial charge in [-0.05, 0) is 39.5 Å². The Morgan fingerprint density at radius 3 is 2.24 bits per heavy atom. The van der Waals surface area contributed by atoms with Gasteiger partial charge in [-0.3, -0.25) is 0 Å². The highest BCUT2D eigenvalue weighted by molar-refractivity contribution is 5.68. The fraction of sp³-hybridized carbons (Fsp3) is 0.929. The molecule has 3 heteroatoms.